The fraction of sp³-hybridized carbons (Fsp3) is 0.400. The molecule has 0 saturated carbocycles. The summed E-state index contributed by atoms with van der Waals surface area (Å²) in [6.07, 6.45) is 0. The summed E-state index contributed by atoms with van der Waals surface area (Å²) in [5, 5.41) is 11.9. The van der Waals surface area contributed by atoms with Crippen LogP contribution in [0.25, 0.3) is 11.0 Å². The molecule has 6 heteroatoms. The number of likely N-dealkylation sites (N-methyl/N-ethyl adjacent to an activating group) is 1. The number of carboxylic acids is 1. The lowest BCUT2D eigenvalue weighted by Gasteiger charge is -2.17. The van der Waals surface area contributed by atoms with Crippen molar-refractivity contribution in [1.82, 2.24) is 14.9 Å². The molecule has 0 spiro atoms. The first-order valence-electron chi connectivity index (χ1n) is 6.84. The van der Waals surface area contributed by atoms with Crippen molar-refractivity contribution in [1.29, 1.82) is 0 Å². The second-order valence-corrected chi connectivity index (χ2v) is 5.26. The summed E-state index contributed by atoms with van der Waals surface area (Å²) in [5.41, 5.74) is 1.23. The van der Waals surface area contributed by atoms with E-state index < -0.39 is 12.0 Å². The van der Waals surface area contributed by atoms with Gasteiger partial charge in [0.25, 0.3) is 0 Å². The van der Waals surface area contributed by atoms with Crippen LogP contribution in [0.2, 0.25) is 0 Å². The Labute approximate surface area is 122 Å². The van der Waals surface area contributed by atoms with Crippen LogP contribution in [0.1, 0.15) is 48.9 Å². The number of nitrogens with zero attached hydrogens (tertiary/aromatic N) is 2. The van der Waals surface area contributed by atoms with Gasteiger partial charge < -0.3 is 15.0 Å². The molecule has 0 fully saturated rings. The molecule has 2 aromatic rings. The van der Waals surface area contributed by atoms with Gasteiger partial charge in [0.05, 0.1) is 11.1 Å². The molecule has 1 amide bonds. The summed E-state index contributed by atoms with van der Waals surface area (Å²) in [6.45, 7) is 5.71. The van der Waals surface area contributed by atoms with Crippen LogP contribution >= 0.6 is 0 Å². The van der Waals surface area contributed by atoms with E-state index in [0.29, 0.717) is 16.9 Å². The van der Waals surface area contributed by atoms with Gasteiger partial charge in [-0.3, -0.25) is 4.79 Å². The minimum Gasteiger partial charge on any atom is -0.478 e. The van der Waals surface area contributed by atoms with Crippen molar-refractivity contribution < 1.29 is 14.7 Å². The molecule has 0 aliphatic heterocycles. The fourth-order valence-corrected chi connectivity index (χ4v) is 2.45. The monoisotopic (exact) mass is 289 g/mol. The Kier molecular flexibility index (Phi) is 3.97. The van der Waals surface area contributed by atoms with Gasteiger partial charge in [-0.2, -0.15) is 0 Å². The zero-order valence-corrected chi connectivity index (χ0v) is 12.5. The Morgan fingerprint density at radius 1 is 1.29 bits per heavy atom. The quantitative estimate of drug-likeness (QED) is 0.903. The summed E-state index contributed by atoms with van der Waals surface area (Å²) >= 11 is 0. The zero-order chi connectivity index (χ0) is 15.7. The number of rotatable bonds is 4. The SMILES string of the molecule is CNC(=O)C(C)n1c(C(C)C)nc2c(C(=O)O)cccc21. The third kappa shape index (κ3) is 2.49. The normalized spacial score (nSPS) is 12.6. The number of para-hydroxylation sites is 1. The van der Waals surface area contributed by atoms with Crippen molar-refractivity contribution in [2.24, 2.45) is 0 Å². The molecule has 1 aromatic heterocycles. The predicted octanol–water partition coefficient (Wildman–Crippen LogP) is 2.16. The average Bonchev–Trinajstić information content (AvgIpc) is 2.84. The van der Waals surface area contributed by atoms with Crippen molar-refractivity contribution >= 4 is 22.9 Å². The summed E-state index contributed by atoms with van der Waals surface area (Å²) in [5.74, 6) is -0.383. The number of amides is 1. The zero-order valence-electron chi connectivity index (χ0n) is 12.5. The van der Waals surface area contributed by atoms with Gasteiger partial charge in [0.15, 0.2) is 0 Å². The molecule has 21 heavy (non-hydrogen) atoms. The maximum absolute atomic E-state index is 12.0. The molecule has 2 rings (SSSR count). The Morgan fingerprint density at radius 2 is 1.95 bits per heavy atom. The van der Waals surface area contributed by atoms with Crippen LogP contribution in [0.15, 0.2) is 18.2 Å². The number of hydrogen-bond acceptors (Lipinski definition) is 3. The van der Waals surface area contributed by atoms with Gasteiger partial charge >= 0.3 is 5.97 Å². The largest absolute Gasteiger partial charge is 0.478 e. The van der Waals surface area contributed by atoms with Crippen molar-refractivity contribution in [2.45, 2.75) is 32.7 Å². The molecule has 1 heterocycles. The van der Waals surface area contributed by atoms with Crippen LogP contribution in [-0.2, 0) is 4.79 Å². The van der Waals surface area contributed by atoms with E-state index in [1.54, 1.807) is 26.1 Å². The van der Waals surface area contributed by atoms with E-state index in [-0.39, 0.29) is 17.4 Å². The number of nitrogens with one attached hydrogen (secondary N) is 1. The van der Waals surface area contributed by atoms with E-state index in [1.807, 2.05) is 18.4 Å². The van der Waals surface area contributed by atoms with E-state index in [0.717, 1.165) is 0 Å². The van der Waals surface area contributed by atoms with Gasteiger partial charge in [-0.1, -0.05) is 19.9 Å². The number of aromatic carboxylic acids is 1. The lowest BCUT2D eigenvalue weighted by atomic mass is 10.1. The van der Waals surface area contributed by atoms with Gasteiger partial charge in [0.2, 0.25) is 5.91 Å². The van der Waals surface area contributed by atoms with Gasteiger partial charge in [-0.05, 0) is 19.1 Å². The molecule has 0 bridgehead atoms. The van der Waals surface area contributed by atoms with Crippen LogP contribution < -0.4 is 5.32 Å². The maximum atomic E-state index is 12.0. The minimum absolute atomic E-state index is 0.0751. The van der Waals surface area contributed by atoms with Gasteiger partial charge in [-0.25, -0.2) is 9.78 Å². The van der Waals surface area contributed by atoms with Crippen molar-refractivity contribution in [3.63, 3.8) is 0 Å². The Balaban J connectivity index is 2.78. The number of carbonyl (C=O) groups excluding carboxylic acids is 1. The summed E-state index contributed by atoms with van der Waals surface area (Å²) < 4.78 is 1.81. The van der Waals surface area contributed by atoms with E-state index in [4.69, 9.17) is 0 Å². The molecule has 0 radical (unpaired) electrons. The Morgan fingerprint density at radius 3 is 2.48 bits per heavy atom. The number of benzene rings is 1. The minimum atomic E-state index is -1.02. The third-order valence-electron chi connectivity index (χ3n) is 3.51. The van der Waals surface area contributed by atoms with E-state index >= 15 is 0 Å². The predicted molar refractivity (Wildman–Crippen MR) is 79.6 cm³/mol. The molecular formula is C15H19N3O3. The molecule has 1 atom stereocenters. The van der Waals surface area contributed by atoms with Crippen LogP contribution in [0.4, 0.5) is 0 Å². The summed E-state index contributed by atoms with van der Waals surface area (Å²) in [7, 11) is 1.58. The van der Waals surface area contributed by atoms with Crippen molar-refractivity contribution in [3.8, 4) is 0 Å². The average molecular weight is 289 g/mol. The van der Waals surface area contributed by atoms with Crippen molar-refractivity contribution in [2.75, 3.05) is 7.05 Å². The van der Waals surface area contributed by atoms with Crippen molar-refractivity contribution in [3.05, 3.63) is 29.6 Å². The van der Waals surface area contributed by atoms with E-state index in [1.165, 1.54) is 6.07 Å². The molecule has 1 aromatic carbocycles. The first kappa shape index (κ1) is 15.0. The van der Waals surface area contributed by atoms with Gasteiger partial charge in [0, 0.05) is 13.0 Å². The molecule has 0 aliphatic rings. The molecule has 0 saturated heterocycles. The first-order chi connectivity index (χ1) is 9.88. The fourth-order valence-electron chi connectivity index (χ4n) is 2.45. The highest BCUT2D eigenvalue weighted by Gasteiger charge is 2.24. The molecular weight excluding hydrogens is 270 g/mol. The molecule has 2 N–H and O–H groups in total. The van der Waals surface area contributed by atoms with E-state index in [2.05, 4.69) is 10.3 Å². The number of aromatic nitrogens is 2. The molecule has 112 valence electrons. The lowest BCUT2D eigenvalue weighted by Crippen LogP contribution is -2.29. The molecule has 1 unspecified atom stereocenters. The number of carboxylic acid groups (broad SMARTS) is 1. The van der Waals surface area contributed by atoms with Crippen LogP contribution in [0.3, 0.4) is 0 Å². The number of imidazole rings is 1. The number of hydrogen-bond donors (Lipinski definition) is 2. The number of carbonyl (C=O) groups is 2. The topological polar surface area (TPSA) is 84.2 Å². The highest BCUT2D eigenvalue weighted by Crippen LogP contribution is 2.28. The summed E-state index contributed by atoms with van der Waals surface area (Å²) in [6, 6.07) is 4.53. The van der Waals surface area contributed by atoms with Crippen LogP contribution in [-0.4, -0.2) is 33.6 Å². The Hall–Kier alpha value is -2.37. The lowest BCUT2D eigenvalue weighted by molar-refractivity contribution is -0.123. The second-order valence-electron chi connectivity index (χ2n) is 5.26. The molecule has 0 aliphatic carbocycles. The van der Waals surface area contributed by atoms with Crippen LogP contribution in [0.5, 0.6) is 0 Å². The molecule has 6 nitrogen and oxygen atoms in total. The summed E-state index contributed by atoms with van der Waals surface area (Å²) in [4.78, 5) is 27.8. The maximum Gasteiger partial charge on any atom is 0.337 e. The van der Waals surface area contributed by atoms with Crippen LogP contribution in [0, 0.1) is 0 Å². The van der Waals surface area contributed by atoms with Gasteiger partial charge in [-0.15, -0.1) is 0 Å². The second kappa shape index (κ2) is 5.55. The standard InChI is InChI=1S/C15H19N3O3/c1-8(2)13-17-12-10(15(20)21)6-5-7-11(12)18(13)9(3)14(19)16-4/h5-9H,1-4H3,(H,16,19)(H,20,21). The smallest absolute Gasteiger partial charge is 0.337 e. The van der Waals surface area contributed by atoms with Gasteiger partial charge in [0.1, 0.15) is 17.4 Å². The first-order valence-corrected chi connectivity index (χ1v) is 6.84. The third-order valence-corrected chi connectivity index (χ3v) is 3.51. The Bertz CT molecular complexity index is 703. The number of fused-ring (bicyclic) bond motifs is 1. The highest BCUT2D eigenvalue weighted by molar-refractivity contribution is 6.01. The highest BCUT2D eigenvalue weighted by atomic mass is 16.4. The van der Waals surface area contributed by atoms with E-state index in [9.17, 15) is 14.7 Å².